The maximum atomic E-state index is 5.60. The summed E-state index contributed by atoms with van der Waals surface area (Å²) in [6.07, 6.45) is 2.23. The molecule has 1 aromatic rings. The fraction of sp³-hybridized carbons (Fsp3) is 0.500. The molecule has 0 fully saturated rings. The molecule has 0 bridgehead atoms. The number of anilines is 1. The van der Waals surface area contributed by atoms with Gasteiger partial charge in [-0.25, -0.2) is 0 Å². The molecule has 1 rings (SSSR count). The quantitative estimate of drug-likeness (QED) is 0.773. The lowest BCUT2D eigenvalue weighted by Crippen LogP contribution is -2.14. The average Bonchev–Trinajstić information content (AvgIpc) is 2.14. The zero-order valence-electron chi connectivity index (χ0n) is 8.16. The van der Waals surface area contributed by atoms with Gasteiger partial charge in [0.1, 0.15) is 5.82 Å². The lowest BCUT2D eigenvalue weighted by Gasteiger charge is -2.14. The van der Waals surface area contributed by atoms with Crippen molar-refractivity contribution in [2.45, 2.75) is 32.8 Å². The van der Waals surface area contributed by atoms with Gasteiger partial charge in [0.15, 0.2) is 0 Å². The molecule has 0 saturated heterocycles. The van der Waals surface area contributed by atoms with Crippen LogP contribution in [0.25, 0.3) is 0 Å². The van der Waals surface area contributed by atoms with Crippen molar-refractivity contribution < 1.29 is 4.74 Å². The summed E-state index contributed by atoms with van der Waals surface area (Å²) in [7, 11) is 0. The summed E-state index contributed by atoms with van der Waals surface area (Å²) in [5, 5.41) is 0. The molecule has 0 aliphatic carbocycles. The molecule has 0 atom stereocenters. The van der Waals surface area contributed by atoms with Crippen molar-refractivity contribution in [2.24, 2.45) is 0 Å². The van der Waals surface area contributed by atoms with E-state index >= 15 is 0 Å². The van der Waals surface area contributed by atoms with Gasteiger partial charge in [0.05, 0.1) is 6.10 Å². The number of nitrogens with zero attached hydrogens (tertiary/aromatic N) is 1. The maximum Gasteiger partial charge on any atom is 0.215 e. The summed E-state index contributed by atoms with van der Waals surface area (Å²) in [5.41, 5.74) is 5.53. The third-order valence-electron chi connectivity index (χ3n) is 1.94. The van der Waals surface area contributed by atoms with E-state index in [1.54, 1.807) is 6.07 Å². The van der Waals surface area contributed by atoms with Gasteiger partial charge in [-0.3, -0.25) is 0 Å². The first-order valence-electron chi connectivity index (χ1n) is 4.65. The number of rotatable bonds is 4. The zero-order valence-corrected chi connectivity index (χ0v) is 8.16. The largest absolute Gasteiger partial charge is 0.474 e. The molecule has 0 aliphatic heterocycles. The third-order valence-corrected chi connectivity index (χ3v) is 1.94. The first-order valence-corrected chi connectivity index (χ1v) is 4.65. The minimum atomic E-state index is 0.245. The van der Waals surface area contributed by atoms with Crippen molar-refractivity contribution in [3.8, 4) is 5.88 Å². The number of pyridine rings is 1. The zero-order chi connectivity index (χ0) is 9.68. The minimum absolute atomic E-state index is 0.245. The first kappa shape index (κ1) is 9.84. The van der Waals surface area contributed by atoms with Crippen LogP contribution in [0.4, 0.5) is 5.82 Å². The van der Waals surface area contributed by atoms with Crippen molar-refractivity contribution in [3.63, 3.8) is 0 Å². The van der Waals surface area contributed by atoms with Crippen LogP contribution in [-0.4, -0.2) is 11.1 Å². The highest BCUT2D eigenvalue weighted by molar-refractivity contribution is 5.31. The fourth-order valence-corrected chi connectivity index (χ4v) is 1.12. The van der Waals surface area contributed by atoms with Gasteiger partial charge in [-0.15, -0.1) is 0 Å². The average molecular weight is 180 g/mol. The Morgan fingerprint density at radius 2 is 2.08 bits per heavy atom. The summed E-state index contributed by atoms with van der Waals surface area (Å²) in [4.78, 5) is 4.06. The molecule has 0 saturated carbocycles. The number of nitrogen functional groups attached to an aromatic ring is 1. The van der Waals surface area contributed by atoms with Crippen molar-refractivity contribution in [3.05, 3.63) is 18.2 Å². The van der Waals surface area contributed by atoms with Gasteiger partial charge in [-0.2, -0.15) is 4.98 Å². The normalized spacial score (nSPS) is 10.4. The lowest BCUT2D eigenvalue weighted by atomic mass is 10.2. The second-order valence-electron chi connectivity index (χ2n) is 2.96. The van der Waals surface area contributed by atoms with Crippen LogP contribution in [-0.2, 0) is 0 Å². The van der Waals surface area contributed by atoms with Gasteiger partial charge in [0, 0.05) is 6.07 Å². The Bertz CT molecular complexity index is 259. The Kier molecular flexibility index (Phi) is 3.55. The van der Waals surface area contributed by atoms with Crippen molar-refractivity contribution >= 4 is 5.82 Å². The molecule has 0 amide bonds. The Labute approximate surface area is 78.9 Å². The second-order valence-corrected chi connectivity index (χ2v) is 2.96. The summed E-state index contributed by atoms with van der Waals surface area (Å²) in [5.74, 6) is 1.12. The van der Waals surface area contributed by atoms with Gasteiger partial charge in [0.2, 0.25) is 5.88 Å². The smallest absolute Gasteiger partial charge is 0.215 e. The molecule has 72 valence electrons. The van der Waals surface area contributed by atoms with E-state index in [0.29, 0.717) is 11.7 Å². The molecule has 0 spiro atoms. The Morgan fingerprint density at radius 1 is 1.38 bits per heavy atom. The van der Waals surface area contributed by atoms with Crippen molar-refractivity contribution in [1.29, 1.82) is 0 Å². The van der Waals surface area contributed by atoms with E-state index in [1.165, 1.54) is 0 Å². The summed E-state index contributed by atoms with van der Waals surface area (Å²) >= 11 is 0. The van der Waals surface area contributed by atoms with Crippen LogP contribution in [0, 0.1) is 0 Å². The molecular weight excluding hydrogens is 164 g/mol. The van der Waals surface area contributed by atoms with E-state index in [-0.39, 0.29) is 6.10 Å². The van der Waals surface area contributed by atoms with Gasteiger partial charge in [-0.05, 0) is 18.9 Å². The number of nitrogens with two attached hydrogens (primary N) is 1. The molecule has 3 heteroatoms. The van der Waals surface area contributed by atoms with Gasteiger partial charge >= 0.3 is 0 Å². The Morgan fingerprint density at radius 3 is 2.62 bits per heavy atom. The highest BCUT2D eigenvalue weighted by atomic mass is 16.5. The summed E-state index contributed by atoms with van der Waals surface area (Å²) in [6, 6.07) is 5.43. The monoisotopic (exact) mass is 180 g/mol. The molecule has 1 aromatic heterocycles. The fourth-order valence-electron chi connectivity index (χ4n) is 1.12. The molecule has 13 heavy (non-hydrogen) atoms. The summed E-state index contributed by atoms with van der Waals surface area (Å²) < 4.78 is 5.60. The SMILES string of the molecule is CCC(CC)Oc1cccc(N)n1. The number of ether oxygens (including phenoxy) is 1. The molecule has 0 unspecified atom stereocenters. The van der Waals surface area contributed by atoms with Gasteiger partial charge < -0.3 is 10.5 Å². The van der Waals surface area contributed by atoms with Crippen molar-refractivity contribution in [2.75, 3.05) is 5.73 Å². The van der Waals surface area contributed by atoms with Crippen LogP contribution in [0.15, 0.2) is 18.2 Å². The second kappa shape index (κ2) is 4.70. The number of hydrogen-bond donors (Lipinski definition) is 1. The minimum Gasteiger partial charge on any atom is -0.474 e. The lowest BCUT2D eigenvalue weighted by molar-refractivity contribution is 0.185. The van der Waals surface area contributed by atoms with E-state index in [0.717, 1.165) is 12.8 Å². The Balaban J connectivity index is 2.62. The van der Waals surface area contributed by atoms with Crippen LogP contribution >= 0.6 is 0 Å². The predicted molar refractivity (Wildman–Crippen MR) is 53.6 cm³/mol. The summed E-state index contributed by atoms with van der Waals surface area (Å²) in [6.45, 7) is 4.20. The highest BCUT2D eigenvalue weighted by Gasteiger charge is 2.05. The molecule has 0 aromatic carbocycles. The predicted octanol–water partition coefficient (Wildman–Crippen LogP) is 2.23. The first-order chi connectivity index (χ1) is 6.26. The molecular formula is C10H16N2O. The molecule has 0 aliphatic rings. The number of aromatic nitrogens is 1. The van der Waals surface area contributed by atoms with Crippen LogP contribution in [0.1, 0.15) is 26.7 Å². The van der Waals surface area contributed by atoms with Gasteiger partial charge in [-0.1, -0.05) is 19.9 Å². The van der Waals surface area contributed by atoms with Crippen LogP contribution in [0.3, 0.4) is 0 Å². The Hall–Kier alpha value is -1.25. The molecule has 1 heterocycles. The van der Waals surface area contributed by atoms with E-state index < -0.39 is 0 Å². The van der Waals surface area contributed by atoms with E-state index in [2.05, 4.69) is 18.8 Å². The van der Waals surface area contributed by atoms with E-state index in [1.807, 2.05) is 12.1 Å². The highest BCUT2D eigenvalue weighted by Crippen LogP contribution is 2.13. The van der Waals surface area contributed by atoms with Crippen LogP contribution in [0.2, 0.25) is 0 Å². The van der Waals surface area contributed by atoms with Crippen molar-refractivity contribution in [1.82, 2.24) is 4.98 Å². The molecule has 2 N–H and O–H groups in total. The van der Waals surface area contributed by atoms with E-state index in [9.17, 15) is 0 Å². The maximum absolute atomic E-state index is 5.60. The third kappa shape index (κ3) is 2.93. The molecule has 3 nitrogen and oxygen atoms in total. The standard InChI is InChI=1S/C10H16N2O/c1-3-8(4-2)13-10-7-5-6-9(11)12-10/h5-8H,3-4H2,1-2H3,(H2,11,12). The van der Waals surface area contributed by atoms with Crippen LogP contribution in [0.5, 0.6) is 5.88 Å². The van der Waals surface area contributed by atoms with Gasteiger partial charge in [0.25, 0.3) is 0 Å². The topological polar surface area (TPSA) is 48.1 Å². The number of hydrogen-bond acceptors (Lipinski definition) is 3. The van der Waals surface area contributed by atoms with E-state index in [4.69, 9.17) is 10.5 Å². The van der Waals surface area contributed by atoms with Crippen LogP contribution < -0.4 is 10.5 Å². The molecule has 0 radical (unpaired) electrons.